The molecular formula is C24H31N4O2+. The lowest BCUT2D eigenvalue weighted by atomic mass is 10.1. The van der Waals surface area contributed by atoms with Crippen LogP contribution in [0.5, 0.6) is 0 Å². The first-order valence-electron chi connectivity index (χ1n) is 10.7. The third kappa shape index (κ3) is 5.13. The van der Waals surface area contributed by atoms with Gasteiger partial charge in [0.25, 0.3) is 11.5 Å². The van der Waals surface area contributed by atoms with Crippen molar-refractivity contribution in [1.29, 1.82) is 0 Å². The Bertz CT molecular complexity index is 1050. The Labute approximate surface area is 177 Å². The van der Waals surface area contributed by atoms with Crippen molar-refractivity contribution in [3.63, 3.8) is 0 Å². The molecule has 6 nitrogen and oxygen atoms in total. The lowest BCUT2D eigenvalue weighted by Gasteiger charge is -2.15. The number of hydrogen-bond acceptors (Lipinski definition) is 3. The summed E-state index contributed by atoms with van der Waals surface area (Å²) in [4.78, 5) is 31.9. The molecule has 2 N–H and O–H groups in total. The molecule has 0 aliphatic carbocycles. The average Bonchev–Trinajstić information content (AvgIpc) is 2.76. The highest BCUT2D eigenvalue weighted by molar-refractivity contribution is 5.96. The molecular weight excluding hydrogens is 376 g/mol. The maximum absolute atomic E-state index is 13.2. The van der Waals surface area contributed by atoms with Gasteiger partial charge in [-0.05, 0) is 44.5 Å². The quantitative estimate of drug-likeness (QED) is 0.532. The van der Waals surface area contributed by atoms with Crippen LogP contribution in [0, 0.1) is 6.92 Å². The van der Waals surface area contributed by atoms with Crippen molar-refractivity contribution < 1.29 is 9.69 Å². The van der Waals surface area contributed by atoms with Crippen molar-refractivity contribution in [3.05, 3.63) is 75.7 Å². The minimum Gasteiger partial charge on any atom is -0.352 e. The van der Waals surface area contributed by atoms with E-state index in [1.165, 1.54) is 4.90 Å². The van der Waals surface area contributed by atoms with Crippen molar-refractivity contribution in [2.45, 2.75) is 33.7 Å². The average molecular weight is 408 g/mol. The number of carbonyl (C=O) groups is 1. The number of hydrogen-bond donors (Lipinski definition) is 2. The van der Waals surface area contributed by atoms with Gasteiger partial charge in [0.2, 0.25) is 0 Å². The van der Waals surface area contributed by atoms with E-state index < -0.39 is 0 Å². The van der Waals surface area contributed by atoms with Crippen molar-refractivity contribution in [1.82, 2.24) is 14.9 Å². The highest BCUT2D eigenvalue weighted by atomic mass is 16.2. The summed E-state index contributed by atoms with van der Waals surface area (Å²) < 4.78 is 1.59. The van der Waals surface area contributed by atoms with Crippen LogP contribution in [-0.2, 0) is 6.54 Å². The number of benzene rings is 1. The van der Waals surface area contributed by atoms with Crippen LogP contribution in [-0.4, -0.2) is 41.6 Å². The zero-order chi connectivity index (χ0) is 21.5. The van der Waals surface area contributed by atoms with Gasteiger partial charge in [-0.2, -0.15) is 0 Å². The van der Waals surface area contributed by atoms with Crippen molar-refractivity contribution in [2.24, 2.45) is 0 Å². The van der Waals surface area contributed by atoms with Gasteiger partial charge in [-0.1, -0.05) is 29.8 Å². The van der Waals surface area contributed by atoms with Gasteiger partial charge in [0.05, 0.1) is 26.2 Å². The van der Waals surface area contributed by atoms with E-state index in [2.05, 4.69) is 24.1 Å². The zero-order valence-corrected chi connectivity index (χ0v) is 18.1. The zero-order valence-electron chi connectivity index (χ0n) is 18.1. The van der Waals surface area contributed by atoms with E-state index in [1.807, 2.05) is 43.3 Å². The second-order valence-electron chi connectivity index (χ2n) is 7.67. The van der Waals surface area contributed by atoms with Gasteiger partial charge in [0.1, 0.15) is 11.2 Å². The van der Waals surface area contributed by atoms with E-state index in [0.29, 0.717) is 18.7 Å². The fourth-order valence-electron chi connectivity index (χ4n) is 3.63. The van der Waals surface area contributed by atoms with Crippen LogP contribution in [0.25, 0.3) is 11.0 Å². The lowest BCUT2D eigenvalue weighted by Crippen LogP contribution is -3.11. The summed E-state index contributed by atoms with van der Waals surface area (Å²) in [5, 5.41) is 3.70. The fraction of sp³-hybridized carbons (Fsp3) is 0.375. The Morgan fingerprint density at radius 2 is 1.87 bits per heavy atom. The number of aryl methyl sites for hydroxylation is 1. The van der Waals surface area contributed by atoms with Gasteiger partial charge in [-0.3, -0.25) is 14.2 Å². The molecule has 3 rings (SSSR count). The molecule has 0 radical (unpaired) electrons. The number of amides is 1. The molecule has 3 aromatic rings. The molecule has 0 fully saturated rings. The standard InChI is InChI=1S/C24H30N4O2/c1-4-27(5-2)15-7-14-26-23(29)21-16-20-8-6-13-25-22(20)28(24(21)30)17-19-11-9-18(3)10-12-19/h6,8-13,16H,4-5,7,14-15,17H2,1-3H3,(H,26,29)/p+1. The molecule has 30 heavy (non-hydrogen) atoms. The number of pyridine rings is 2. The minimum absolute atomic E-state index is 0.165. The molecule has 0 unspecified atom stereocenters. The molecule has 0 aliphatic rings. The van der Waals surface area contributed by atoms with Crippen LogP contribution < -0.4 is 15.8 Å². The summed E-state index contributed by atoms with van der Waals surface area (Å²) in [5.41, 5.74) is 2.60. The number of rotatable bonds is 9. The third-order valence-electron chi connectivity index (χ3n) is 5.55. The molecule has 6 heteroatoms. The smallest absolute Gasteiger partial charge is 0.265 e. The van der Waals surface area contributed by atoms with Crippen LogP contribution in [0.15, 0.2) is 53.5 Å². The summed E-state index contributed by atoms with van der Waals surface area (Å²) in [6.07, 6.45) is 2.55. The Morgan fingerprint density at radius 3 is 2.57 bits per heavy atom. The molecule has 1 amide bonds. The van der Waals surface area contributed by atoms with Crippen LogP contribution in [0.3, 0.4) is 0 Å². The summed E-state index contributed by atoms with van der Waals surface area (Å²) in [7, 11) is 0. The van der Waals surface area contributed by atoms with E-state index in [4.69, 9.17) is 0 Å². The highest BCUT2D eigenvalue weighted by Gasteiger charge is 2.16. The maximum Gasteiger partial charge on any atom is 0.265 e. The van der Waals surface area contributed by atoms with E-state index >= 15 is 0 Å². The fourth-order valence-corrected chi connectivity index (χ4v) is 3.63. The second-order valence-corrected chi connectivity index (χ2v) is 7.67. The third-order valence-corrected chi connectivity index (χ3v) is 5.55. The molecule has 0 atom stereocenters. The molecule has 0 saturated carbocycles. The van der Waals surface area contributed by atoms with Crippen molar-refractivity contribution in [2.75, 3.05) is 26.2 Å². The summed E-state index contributed by atoms with van der Waals surface area (Å²) in [5.74, 6) is -0.321. The Morgan fingerprint density at radius 1 is 1.13 bits per heavy atom. The SMILES string of the molecule is CC[NH+](CC)CCCNC(=O)c1cc2cccnc2n(Cc2ccc(C)cc2)c1=O. The largest absolute Gasteiger partial charge is 0.352 e. The topological polar surface area (TPSA) is 68.4 Å². The summed E-state index contributed by atoms with van der Waals surface area (Å²) in [6.45, 7) is 10.4. The minimum atomic E-state index is -0.321. The summed E-state index contributed by atoms with van der Waals surface area (Å²) in [6, 6.07) is 13.4. The monoisotopic (exact) mass is 407 g/mol. The predicted molar refractivity (Wildman–Crippen MR) is 120 cm³/mol. The van der Waals surface area contributed by atoms with Crippen LogP contribution in [0.4, 0.5) is 0 Å². The van der Waals surface area contributed by atoms with Gasteiger partial charge in [0.15, 0.2) is 0 Å². The van der Waals surface area contributed by atoms with Crippen molar-refractivity contribution in [3.8, 4) is 0 Å². The van der Waals surface area contributed by atoms with Crippen LogP contribution in [0.2, 0.25) is 0 Å². The van der Waals surface area contributed by atoms with E-state index in [1.54, 1.807) is 16.8 Å². The van der Waals surface area contributed by atoms with Gasteiger partial charge in [-0.15, -0.1) is 0 Å². The van der Waals surface area contributed by atoms with E-state index in [0.717, 1.165) is 42.6 Å². The normalized spacial score (nSPS) is 11.2. The number of carbonyl (C=O) groups excluding carboxylic acids is 1. The number of nitrogens with one attached hydrogen (secondary N) is 2. The molecule has 0 spiro atoms. The van der Waals surface area contributed by atoms with Crippen LogP contribution >= 0.6 is 0 Å². The van der Waals surface area contributed by atoms with Crippen molar-refractivity contribution >= 4 is 16.9 Å². The Kier molecular flexibility index (Phi) is 7.36. The van der Waals surface area contributed by atoms with Gasteiger partial charge < -0.3 is 10.2 Å². The number of nitrogens with zero attached hydrogens (tertiary/aromatic N) is 2. The first kappa shape index (κ1) is 21.7. The first-order valence-corrected chi connectivity index (χ1v) is 10.7. The van der Waals surface area contributed by atoms with E-state index in [9.17, 15) is 9.59 Å². The molecule has 2 aromatic heterocycles. The Hall–Kier alpha value is -2.99. The van der Waals surface area contributed by atoms with E-state index in [-0.39, 0.29) is 17.0 Å². The first-order chi connectivity index (χ1) is 14.5. The van der Waals surface area contributed by atoms with Crippen LogP contribution in [0.1, 0.15) is 41.8 Å². The van der Waals surface area contributed by atoms with Gasteiger partial charge >= 0.3 is 0 Å². The van der Waals surface area contributed by atoms with Gasteiger partial charge in [-0.25, -0.2) is 4.98 Å². The molecule has 158 valence electrons. The maximum atomic E-state index is 13.2. The number of aromatic nitrogens is 2. The number of fused-ring (bicyclic) bond motifs is 1. The predicted octanol–water partition coefficient (Wildman–Crippen LogP) is 1.80. The molecule has 0 saturated heterocycles. The highest BCUT2D eigenvalue weighted by Crippen LogP contribution is 2.13. The summed E-state index contributed by atoms with van der Waals surface area (Å²) >= 11 is 0. The molecule has 1 aromatic carbocycles. The lowest BCUT2D eigenvalue weighted by molar-refractivity contribution is -0.896. The van der Waals surface area contributed by atoms with Gasteiger partial charge in [0, 0.05) is 24.5 Å². The molecule has 0 aliphatic heterocycles. The Balaban J connectivity index is 1.84. The molecule has 2 heterocycles. The number of quaternary nitrogens is 1. The molecule has 0 bridgehead atoms. The second kappa shape index (κ2) is 10.2.